The third kappa shape index (κ3) is 5.74. The molecule has 0 bridgehead atoms. The van der Waals surface area contributed by atoms with Crippen molar-refractivity contribution in [3.8, 4) is 17.6 Å². The van der Waals surface area contributed by atoms with E-state index in [1.54, 1.807) is 44.6 Å². The Balaban J connectivity index is 1.98. The monoisotopic (exact) mass is 394 g/mol. The molecule has 150 valence electrons. The summed E-state index contributed by atoms with van der Waals surface area (Å²) >= 11 is 0. The second kappa shape index (κ2) is 10.4. The summed E-state index contributed by atoms with van der Waals surface area (Å²) in [6.45, 7) is 0.325. The predicted molar refractivity (Wildman–Crippen MR) is 109 cm³/mol. The highest BCUT2D eigenvalue weighted by Crippen LogP contribution is 2.27. The Labute approximate surface area is 168 Å². The van der Waals surface area contributed by atoms with Crippen molar-refractivity contribution in [3.63, 3.8) is 0 Å². The van der Waals surface area contributed by atoms with E-state index in [1.165, 1.54) is 6.20 Å². The molecule has 0 aliphatic heterocycles. The zero-order chi connectivity index (χ0) is 21.2. The van der Waals surface area contributed by atoms with Crippen molar-refractivity contribution in [2.75, 3.05) is 26.1 Å². The van der Waals surface area contributed by atoms with Gasteiger partial charge in [0.05, 0.1) is 25.5 Å². The molecule has 0 spiro atoms. The number of hydrogen-bond acceptors (Lipinski definition) is 6. The van der Waals surface area contributed by atoms with Gasteiger partial charge in [-0.05, 0) is 36.2 Å². The van der Waals surface area contributed by atoms with Gasteiger partial charge < -0.3 is 25.8 Å². The minimum absolute atomic E-state index is 0.128. The number of ether oxygens (including phenoxy) is 2. The normalized spacial score (nSPS) is 10.6. The second-order valence-electron chi connectivity index (χ2n) is 5.92. The summed E-state index contributed by atoms with van der Waals surface area (Å²) in [5.41, 5.74) is 6.80. The van der Waals surface area contributed by atoms with Crippen LogP contribution in [0, 0.1) is 11.3 Å². The Morgan fingerprint density at radius 3 is 2.52 bits per heavy atom. The molecule has 2 amide bonds. The highest BCUT2D eigenvalue weighted by atomic mass is 16.5. The maximum Gasteiger partial charge on any atom is 0.263 e. The van der Waals surface area contributed by atoms with E-state index in [-0.39, 0.29) is 11.1 Å². The van der Waals surface area contributed by atoms with E-state index in [9.17, 15) is 14.9 Å². The number of rotatable bonds is 9. The van der Waals surface area contributed by atoms with Crippen LogP contribution in [0.1, 0.15) is 15.9 Å². The van der Waals surface area contributed by atoms with Crippen LogP contribution in [0.5, 0.6) is 11.5 Å². The molecule has 0 aliphatic rings. The Morgan fingerprint density at radius 1 is 1.14 bits per heavy atom. The molecule has 2 aromatic carbocycles. The van der Waals surface area contributed by atoms with Crippen LogP contribution in [0.2, 0.25) is 0 Å². The van der Waals surface area contributed by atoms with Crippen LogP contribution in [-0.2, 0) is 11.2 Å². The Bertz CT molecular complexity index is 963. The largest absolute Gasteiger partial charge is 0.493 e. The smallest absolute Gasteiger partial charge is 0.263 e. The third-order valence-corrected chi connectivity index (χ3v) is 4.08. The lowest BCUT2D eigenvalue weighted by molar-refractivity contribution is -0.117. The van der Waals surface area contributed by atoms with Crippen molar-refractivity contribution in [1.29, 1.82) is 5.26 Å². The number of primary amides is 1. The van der Waals surface area contributed by atoms with Crippen LogP contribution < -0.4 is 25.8 Å². The lowest BCUT2D eigenvalue weighted by Crippen LogP contribution is -2.27. The Kier molecular flexibility index (Phi) is 7.62. The topological polar surface area (TPSA) is 126 Å². The Morgan fingerprint density at radius 2 is 1.86 bits per heavy atom. The molecule has 0 heterocycles. The van der Waals surface area contributed by atoms with Crippen molar-refractivity contribution in [2.45, 2.75) is 6.42 Å². The summed E-state index contributed by atoms with van der Waals surface area (Å²) in [5, 5.41) is 14.7. The minimum Gasteiger partial charge on any atom is -0.493 e. The number of nitrogens with one attached hydrogen (secondary N) is 2. The number of carbonyl (C=O) groups is 2. The van der Waals surface area contributed by atoms with Crippen molar-refractivity contribution in [3.05, 3.63) is 65.4 Å². The number of benzene rings is 2. The van der Waals surface area contributed by atoms with Crippen LogP contribution in [-0.4, -0.2) is 32.6 Å². The second-order valence-corrected chi connectivity index (χ2v) is 5.92. The summed E-state index contributed by atoms with van der Waals surface area (Å²) < 4.78 is 10.4. The maximum absolute atomic E-state index is 12.2. The lowest BCUT2D eigenvalue weighted by Gasteiger charge is -2.10. The zero-order valence-corrected chi connectivity index (χ0v) is 16.2. The molecule has 0 aliphatic carbocycles. The van der Waals surface area contributed by atoms with Gasteiger partial charge in [0.15, 0.2) is 11.5 Å². The minimum atomic E-state index is -0.612. The molecule has 2 aromatic rings. The van der Waals surface area contributed by atoms with E-state index in [4.69, 9.17) is 15.2 Å². The third-order valence-electron chi connectivity index (χ3n) is 4.08. The van der Waals surface area contributed by atoms with Crippen LogP contribution in [0.15, 0.2) is 54.2 Å². The average molecular weight is 394 g/mol. The summed E-state index contributed by atoms with van der Waals surface area (Å²) in [6.07, 6.45) is 1.79. The van der Waals surface area contributed by atoms with Gasteiger partial charge in [-0.3, -0.25) is 9.59 Å². The standard InChI is InChI=1S/C21H22N4O4/c1-28-18-8-7-14(11-19(18)29-2)9-10-24-21(27)15(12-22)13-25-17-6-4-3-5-16(17)20(23)26/h3-8,11,13,25H,9-10H2,1-2H3,(H2,23,26)(H,24,27)/b15-13-. The molecule has 2 rings (SSSR count). The number of hydrogen-bond donors (Lipinski definition) is 3. The van der Waals surface area contributed by atoms with Crippen LogP contribution in [0.3, 0.4) is 0 Å². The van der Waals surface area contributed by atoms with Gasteiger partial charge in [-0.1, -0.05) is 18.2 Å². The van der Waals surface area contributed by atoms with E-state index in [0.29, 0.717) is 30.2 Å². The summed E-state index contributed by atoms with van der Waals surface area (Å²) in [4.78, 5) is 23.7. The van der Waals surface area contributed by atoms with Gasteiger partial charge in [-0.15, -0.1) is 0 Å². The fraction of sp³-hybridized carbons (Fsp3) is 0.190. The summed E-state index contributed by atoms with van der Waals surface area (Å²) in [7, 11) is 3.11. The molecule has 0 saturated heterocycles. The molecule has 0 saturated carbocycles. The average Bonchev–Trinajstić information content (AvgIpc) is 2.74. The first-order chi connectivity index (χ1) is 14.0. The number of amides is 2. The van der Waals surface area contributed by atoms with Gasteiger partial charge in [0, 0.05) is 12.7 Å². The molecular formula is C21H22N4O4. The Hall–Kier alpha value is -3.99. The van der Waals surface area contributed by atoms with Crippen molar-refractivity contribution < 1.29 is 19.1 Å². The van der Waals surface area contributed by atoms with Gasteiger partial charge in [0.25, 0.3) is 11.8 Å². The van der Waals surface area contributed by atoms with Crippen LogP contribution in [0.25, 0.3) is 0 Å². The number of anilines is 1. The summed E-state index contributed by atoms with van der Waals surface area (Å²) in [5.74, 6) is 0.0833. The number of nitrogens with zero attached hydrogens (tertiary/aromatic N) is 1. The molecule has 4 N–H and O–H groups in total. The number of carbonyl (C=O) groups excluding carboxylic acids is 2. The van der Waals surface area contributed by atoms with E-state index in [2.05, 4.69) is 10.6 Å². The molecule has 0 aromatic heterocycles. The highest BCUT2D eigenvalue weighted by molar-refractivity contribution is 6.00. The SMILES string of the molecule is COc1ccc(CCNC(=O)/C(C#N)=C\Nc2ccccc2C(N)=O)cc1OC. The van der Waals surface area contributed by atoms with E-state index in [1.807, 2.05) is 18.2 Å². The van der Waals surface area contributed by atoms with Crippen molar-refractivity contribution >= 4 is 17.5 Å². The molecular weight excluding hydrogens is 372 g/mol. The first kappa shape index (κ1) is 21.3. The lowest BCUT2D eigenvalue weighted by atomic mass is 10.1. The first-order valence-corrected chi connectivity index (χ1v) is 8.75. The van der Waals surface area contributed by atoms with Crippen molar-refractivity contribution in [1.82, 2.24) is 5.32 Å². The fourth-order valence-electron chi connectivity index (χ4n) is 2.57. The first-order valence-electron chi connectivity index (χ1n) is 8.75. The van der Waals surface area contributed by atoms with Crippen LogP contribution in [0.4, 0.5) is 5.69 Å². The molecule has 0 fully saturated rings. The number of nitriles is 1. The zero-order valence-electron chi connectivity index (χ0n) is 16.2. The maximum atomic E-state index is 12.2. The van der Waals surface area contributed by atoms with Gasteiger partial charge in [-0.25, -0.2) is 0 Å². The van der Waals surface area contributed by atoms with E-state index < -0.39 is 11.8 Å². The van der Waals surface area contributed by atoms with Crippen LogP contribution >= 0.6 is 0 Å². The van der Waals surface area contributed by atoms with E-state index in [0.717, 1.165) is 5.56 Å². The molecule has 8 heteroatoms. The quantitative estimate of drug-likeness (QED) is 0.441. The van der Waals surface area contributed by atoms with E-state index >= 15 is 0 Å². The van der Waals surface area contributed by atoms with Gasteiger partial charge >= 0.3 is 0 Å². The molecule has 8 nitrogen and oxygen atoms in total. The number of para-hydroxylation sites is 1. The molecule has 0 unspecified atom stereocenters. The highest BCUT2D eigenvalue weighted by Gasteiger charge is 2.11. The number of methoxy groups -OCH3 is 2. The van der Waals surface area contributed by atoms with Gasteiger partial charge in [0.2, 0.25) is 0 Å². The fourth-order valence-corrected chi connectivity index (χ4v) is 2.57. The van der Waals surface area contributed by atoms with Gasteiger partial charge in [-0.2, -0.15) is 5.26 Å². The molecule has 29 heavy (non-hydrogen) atoms. The predicted octanol–water partition coefficient (Wildman–Crippen LogP) is 1.98. The molecule has 0 atom stereocenters. The summed E-state index contributed by atoms with van der Waals surface area (Å²) in [6, 6.07) is 13.9. The molecule has 0 radical (unpaired) electrons. The van der Waals surface area contributed by atoms with Gasteiger partial charge in [0.1, 0.15) is 11.6 Å². The van der Waals surface area contributed by atoms with Crippen molar-refractivity contribution in [2.24, 2.45) is 5.73 Å². The number of nitrogens with two attached hydrogens (primary N) is 1.